The Balaban J connectivity index is 0.000000178. The Kier molecular flexibility index (Phi) is 26.8. The van der Waals surface area contributed by atoms with Gasteiger partial charge in [0, 0.05) is 68.7 Å². The van der Waals surface area contributed by atoms with Crippen LogP contribution in [0.1, 0.15) is 115 Å². The minimum atomic E-state index is -1.75. The molecule has 5 aromatic heterocycles. The molecule has 29 nitrogen and oxygen atoms in total. The van der Waals surface area contributed by atoms with E-state index < -0.39 is 62.3 Å². The van der Waals surface area contributed by atoms with Crippen molar-refractivity contribution < 1.29 is 36.7 Å². The van der Waals surface area contributed by atoms with Gasteiger partial charge in [-0.15, -0.1) is 51.0 Å². The number of ether oxygens (including phenoxy) is 2. The van der Waals surface area contributed by atoms with Crippen LogP contribution in [-0.2, 0) is 13.9 Å². The van der Waals surface area contributed by atoms with Gasteiger partial charge in [-0.05, 0) is 187 Å². The summed E-state index contributed by atoms with van der Waals surface area (Å²) in [6.45, 7) is 33.4. The minimum absolute atomic E-state index is 0.00649. The van der Waals surface area contributed by atoms with Gasteiger partial charge in [0.05, 0.1) is 37.8 Å². The maximum absolute atomic E-state index is 14.3. The third-order valence-corrected chi connectivity index (χ3v) is 23.6. The Morgan fingerprint density at radius 2 is 0.822 bits per heavy atom. The van der Waals surface area contributed by atoms with Crippen molar-refractivity contribution in [2.24, 2.45) is 10.8 Å². The summed E-state index contributed by atoms with van der Waals surface area (Å²) in [5.74, 6) is 5.68. The maximum atomic E-state index is 14.3. The second kappa shape index (κ2) is 33.7. The highest BCUT2D eigenvalue weighted by Crippen LogP contribution is 2.50. The van der Waals surface area contributed by atoms with Crippen molar-refractivity contribution in [2.75, 3.05) is 147 Å². The zero-order valence-corrected chi connectivity index (χ0v) is 63.4. The highest BCUT2D eigenvalue weighted by Gasteiger charge is 2.53. The first-order chi connectivity index (χ1) is 47.1. The largest absolute Gasteiger partial charge is 0.444 e. The molecule has 7 atom stereocenters. The highest BCUT2D eigenvalue weighted by atomic mass is 28.4. The van der Waals surface area contributed by atoms with Crippen LogP contribution in [0.2, 0.25) is 18.1 Å². The van der Waals surface area contributed by atoms with Crippen LogP contribution in [-0.4, -0.2) is 235 Å². The van der Waals surface area contributed by atoms with E-state index in [1.54, 1.807) is 87.7 Å². The predicted molar refractivity (Wildman–Crippen MR) is 395 cm³/mol. The molecule has 0 radical (unpaired) electrons. The Morgan fingerprint density at radius 3 is 1.12 bits per heavy atom. The molecular weight excluding hydrogens is 1320 g/mol. The zero-order valence-electron chi connectivity index (χ0n) is 62.4. The normalized spacial score (nSPS) is 22.8. The standard InChI is InChI=1S/C17H32N4OSi.2C14H22FN5O2.C12H19N5.C11H18FN5/c1-16(2,3)23(6,7)22-13-10-11-21(12-17(13,4)5)15-9-8-14(18)19-20-15;2*1-14(2,3)22-13(21)17-10-6-7-20(8-9(10)15)12-5-4-11(16)18-19-12;1-16(2)9-5-12(6-9)7-17(8-12)11-4-3-10(13)14-15-11;1-16(2)9-5-6-17(7-8(9)12)11-4-3-10(13)14-15-11/h8-9,13H,10-12H2,1-7H3,(H2,18,19);2*4-5,9-10H,6-8H2,1-3H3,(H2,16,18)(H,17,21);3-4,9H,5-8H2,1-2H3,(H2,13,14);3-4,8-9H,5-7H2,1-2H3,(H2,13,14)/t;9-,10+;9-,10-;;8-,9-/m.01.1/s1. The number of carbonyl (C=O) groups is 2. The molecule has 1 spiro atoms. The number of alkyl carbamates (subject to hydrolysis) is 2. The van der Waals surface area contributed by atoms with Crippen LogP contribution in [0.3, 0.4) is 0 Å². The number of anilines is 10. The number of halogens is 3. The van der Waals surface area contributed by atoms with E-state index in [4.69, 9.17) is 42.6 Å². The quantitative estimate of drug-likeness (QED) is 0.0620. The number of nitrogen functional groups attached to an aromatic ring is 5. The van der Waals surface area contributed by atoms with Crippen LogP contribution >= 0.6 is 0 Å². The van der Waals surface area contributed by atoms with Gasteiger partial charge in [-0.2, -0.15) is 0 Å². The first-order valence-corrected chi connectivity index (χ1v) is 37.6. The summed E-state index contributed by atoms with van der Waals surface area (Å²) in [5, 5.41) is 44.8. The number of piperidine rings is 4. The number of amides is 2. The number of rotatable bonds is 11. The van der Waals surface area contributed by atoms with E-state index in [-0.39, 0.29) is 29.6 Å². The van der Waals surface area contributed by atoms with Gasteiger partial charge in [0.1, 0.15) is 58.8 Å². The zero-order chi connectivity index (χ0) is 74.6. The minimum Gasteiger partial charge on any atom is -0.444 e. The van der Waals surface area contributed by atoms with E-state index in [1.165, 1.54) is 12.8 Å². The molecular formula is C68H113F3N24O5Si. The van der Waals surface area contributed by atoms with Gasteiger partial charge < -0.3 is 87.5 Å². The van der Waals surface area contributed by atoms with Crippen LogP contribution in [0.5, 0.6) is 0 Å². The molecule has 1 aliphatic carbocycles. The van der Waals surface area contributed by atoms with E-state index in [1.807, 2.05) is 48.2 Å². The van der Waals surface area contributed by atoms with Crippen molar-refractivity contribution in [3.05, 3.63) is 60.7 Å². The molecule has 0 bridgehead atoms. The second-order valence-corrected chi connectivity index (χ2v) is 36.6. The molecule has 12 N–H and O–H groups in total. The van der Waals surface area contributed by atoms with Crippen molar-refractivity contribution in [3.63, 3.8) is 0 Å². The molecule has 5 aliphatic heterocycles. The predicted octanol–water partition coefficient (Wildman–Crippen LogP) is 7.81. The lowest BCUT2D eigenvalue weighted by atomic mass is 9.60. The number of nitrogens with two attached hydrogens (primary N) is 5. The van der Waals surface area contributed by atoms with Crippen LogP contribution < -0.4 is 63.8 Å². The summed E-state index contributed by atoms with van der Waals surface area (Å²) in [7, 11) is 6.40. The summed E-state index contributed by atoms with van der Waals surface area (Å²) >= 11 is 0. The average Bonchev–Trinajstić information content (AvgIpc) is 0.732. The van der Waals surface area contributed by atoms with Gasteiger partial charge in [0.25, 0.3) is 0 Å². The third-order valence-electron chi connectivity index (χ3n) is 19.1. The highest BCUT2D eigenvalue weighted by molar-refractivity contribution is 6.74. The molecule has 1 unspecified atom stereocenters. The fourth-order valence-electron chi connectivity index (χ4n) is 12.4. The van der Waals surface area contributed by atoms with E-state index in [0.717, 1.165) is 63.2 Å². The van der Waals surface area contributed by atoms with Crippen LogP contribution in [0.15, 0.2) is 60.7 Å². The Bertz CT molecular complexity index is 3280. The number of alkyl halides is 3. The first-order valence-electron chi connectivity index (χ1n) is 34.7. The first kappa shape index (κ1) is 80.1. The lowest BCUT2D eigenvalue weighted by molar-refractivity contribution is 0.000866. The molecule has 11 rings (SSSR count). The molecule has 33 heteroatoms. The lowest BCUT2D eigenvalue weighted by Crippen LogP contribution is -2.66. The molecule has 10 heterocycles. The smallest absolute Gasteiger partial charge is 0.407 e. The van der Waals surface area contributed by atoms with E-state index in [0.29, 0.717) is 90.5 Å². The Morgan fingerprint density at radius 1 is 0.485 bits per heavy atom. The summed E-state index contributed by atoms with van der Waals surface area (Å²) in [5.41, 5.74) is 27.0. The number of nitrogens with zero attached hydrogens (tertiary/aromatic N) is 17. The van der Waals surface area contributed by atoms with Gasteiger partial charge >= 0.3 is 12.2 Å². The lowest BCUT2D eigenvalue weighted by Gasteiger charge is -2.60. The fourth-order valence-corrected chi connectivity index (χ4v) is 13.9. The summed E-state index contributed by atoms with van der Waals surface area (Å²) in [6, 6.07) is 17.3. The van der Waals surface area contributed by atoms with Crippen LogP contribution in [0.25, 0.3) is 0 Å². The molecule has 560 valence electrons. The molecule has 0 aromatic carbocycles. The SMILES string of the molecule is CC(C)(C)OC(=O)N[C@@H]1CCN(c2ccc(N)nn2)C[C@@H]1F.CC(C)(C)OC(=O)N[C@@H]1CCN(c2ccc(N)nn2)C[C@H]1F.CC1(C)CN(c2ccc(N)nn2)CCC1O[Si](C)(C)C(C)(C)C.CN(C)C1CC2(C1)CN(c1ccc(N)nn1)C2.CN(C)[C@@H]1CCN(c2ccc(N)nn2)C[C@H]1F. The number of aromatic nitrogens is 10. The van der Waals surface area contributed by atoms with Gasteiger partial charge in [0.15, 0.2) is 37.4 Å². The summed E-state index contributed by atoms with van der Waals surface area (Å²) < 4.78 is 59.5. The van der Waals surface area contributed by atoms with Gasteiger partial charge in [-0.25, -0.2) is 22.8 Å². The van der Waals surface area contributed by atoms with Crippen molar-refractivity contribution in [1.29, 1.82) is 0 Å². The van der Waals surface area contributed by atoms with E-state index >= 15 is 0 Å². The molecule has 101 heavy (non-hydrogen) atoms. The Labute approximate surface area is 595 Å². The summed E-state index contributed by atoms with van der Waals surface area (Å²) in [6.07, 6.45) is 1.20. The number of nitrogens with one attached hydrogen (secondary N) is 2. The van der Waals surface area contributed by atoms with Crippen molar-refractivity contribution in [1.82, 2.24) is 71.4 Å². The van der Waals surface area contributed by atoms with Crippen molar-refractivity contribution >= 4 is 78.7 Å². The molecule has 1 saturated carbocycles. The van der Waals surface area contributed by atoms with Crippen LogP contribution in [0, 0.1) is 10.8 Å². The van der Waals surface area contributed by atoms with E-state index in [2.05, 4.69) is 138 Å². The molecule has 5 aromatic rings. The second-order valence-electron chi connectivity index (χ2n) is 31.8. The molecule has 6 fully saturated rings. The number of carbonyl (C=O) groups excluding carboxylic acids is 2. The van der Waals surface area contributed by atoms with Gasteiger partial charge in [-0.3, -0.25) is 0 Å². The van der Waals surface area contributed by atoms with E-state index in [9.17, 15) is 22.8 Å². The number of hydrogen-bond donors (Lipinski definition) is 7. The van der Waals surface area contributed by atoms with Gasteiger partial charge in [0.2, 0.25) is 0 Å². The monoisotopic (exact) mass is 1430 g/mol. The maximum Gasteiger partial charge on any atom is 0.407 e. The van der Waals surface area contributed by atoms with Gasteiger partial charge in [-0.1, -0.05) is 34.6 Å². The fraction of sp³-hybridized carbons (Fsp3) is 0.676. The molecule has 6 aliphatic rings. The number of hydrogen-bond acceptors (Lipinski definition) is 27. The van der Waals surface area contributed by atoms with Crippen molar-refractivity contribution in [2.45, 2.75) is 193 Å². The summed E-state index contributed by atoms with van der Waals surface area (Å²) in [4.78, 5) is 37.8. The average molecular weight is 1430 g/mol. The molecule has 2 amide bonds. The molecule has 5 saturated heterocycles. The van der Waals surface area contributed by atoms with Crippen molar-refractivity contribution in [3.8, 4) is 0 Å². The van der Waals surface area contributed by atoms with Crippen LogP contribution in [0.4, 0.5) is 80.9 Å². The third kappa shape index (κ3) is 23.7. The topological polar surface area (TPSA) is 368 Å². The Hall–Kier alpha value is -8.17.